The van der Waals surface area contributed by atoms with Crippen LogP contribution in [0.4, 0.5) is 17.6 Å². The highest BCUT2D eigenvalue weighted by molar-refractivity contribution is 7.97. The number of allylic oxidation sites excluding steroid dienone is 2. The second-order valence-corrected chi connectivity index (χ2v) is 4.04. The predicted molar refractivity (Wildman–Crippen MR) is 40.5 cm³/mol. The van der Waals surface area contributed by atoms with E-state index < -0.39 is 34.1 Å². The summed E-state index contributed by atoms with van der Waals surface area (Å²) in [6.45, 7) is 0. The molecule has 0 unspecified atom stereocenters. The molecule has 8 heteroatoms. The van der Waals surface area contributed by atoms with Crippen molar-refractivity contribution in [2.75, 3.05) is 0 Å². The van der Waals surface area contributed by atoms with Gasteiger partial charge in [-0.05, 0) is 0 Å². The Labute approximate surface area is 77.0 Å². The van der Waals surface area contributed by atoms with E-state index in [4.69, 9.17) is 0 Å². The van der Waals surface area contributed by atoms with E-state index in [1.807, 2.05) is 0 Å². The van der Waals surface area contributed by atoms with Crippen molar-refractivity contribution < 1.29 is 26.0 Å². The van der Waals surface area contributed by atoms with Crippen molar-refractivity contribution in [3.63, 3.8) is 0 Å². The third kappa shape index (κ3) is 2.47. The molecule has 0 aliphatic carbocycles. The maximum atomic E-state index is 12.0. The molecule has 0 N–H and O–H groups in total. The predicted octanol–water partition coefficient (Wildman–Crippen LogP) is 2.00. The van der Waals surface area contributed by atoms with Crippen molar-refractivity contribution in [3.05, 3.63) is 27.5 Å². The van der Waals surface area contributed by atoms with Crippen LogP contribution in [0, 0.1) is 0 Å². The fourth-order valence-corrected chi connectivity index (χ4v) is 1.83. The van der Waals surface area contributed by atoms with Crippen LogP contribution in [-0.4, -0.2) is 21.3 Å². The van der Waals surface area contributed by atoms with E-state index >= 15 is 0 Å². The number of sulfone groups is 1. The number of hydrogen-bond donors (Lipinski definition) is 0. The lowest BCUT2D eigenvalue weighted by Crippen LogP contribution is -2.10. The summed E-state index contributed by atoms with van der Waals surface area (Å²) in [7, 11) is -4.15. The van der Waals surface area contributed by atoms with E-state index in [1.165, 1.54) is 0 Å². The molecule has 0 amide bonds. The summed E-state index contributed by atoms with van der Waals surface area (Å²) >= 11 is 0. The zero-order valence-corrected chi connectivity index (χ0v) is 7.31. The third-order valence-corrected chi connectivity index (χ3v) is 2.42. The Morgan fingerprint density at radius 3 is 1.64 bits per heavy atom. The Morgan fingerprint density at radius 2 is 1.36 bits per heavy atom. The Bertz CT molecular complexity index is 355. The molecule has 0 saturated carbocycles. The second-order valence-electron chi connectivity index (χ2n) is 2.39. The van der Waals surface area contributed by atoms with Crippen LogP contribution in [0.15, 0.2) is 22.2 Å². The topological polar surface area (TPSA) is 48.2 Å². The van der Waals surface area contributed by atoms with Gasteiger partial charge < -0.3 is 5.32 Å². The van der Waals surface area contributed by atoms with Gasteiger partial charge in [-0.1, -0.05) is 11.4 Å². The molecule has 0 spiro atoms. The molecule has 1 aliphatic rings. The van der Waals surface area contributed by atoms with Crippen LogP contribution in [0.3, 0.4) is 0 Å². The minimum atomic E-state index is -4.15. The van der Waals surface area contributed by atoms with E-state index in [2.05, 4.69) is 5.32 Å². The molecule has 0 aromatic heterocycles. The zero-order valence-electron chi connectivity index (χ0n) is 6.49. The average molecular weight is 230 g/mol. The smallest absolute Gasteiger partial charge is 0.244 e. The maximum Gasteiger partial charge on any atom is 0.244 e. The summed E-state index contributed by atoms with van der Waals surface area (Å²) in [6.07, 6.45) is -6.38. The fourth-order valence-electron chi connectivity index (χ4n) is 0.773. The maximum absolute atomic E-state index is 12.0. The van der Waals surface area contributed by atoms with Gasteiger partial charge in [-0.3, -0.25) is 0 Å². The first-order valence-electron chi connectivity index (χ1n) is 3.28. The zero-order chi connectivity index (χ0) is 10.9. The first kappa shape index (κ1) is 11.0. The van der Waals surface area contributed by atoms with Gasteiger partial charge in [0.1, 0.15) is 0 Å². The van der Waals surface area contributed by atoms with Crippen LogP contribution in [0.5, 0.6) is 0 Å². The molecule has 14 heavy (non-hydrogen) atoms. The SMILES string of the molecule is O=S1(=O)C=C(C(F)F)[N-]C(C(F)F)=C1. The van der Waals surface area contributed by atoms with Gasteiger partial charge in [-0.2, -0.15) is 0 Å². The lowest BCUT2D eigenvalue weighted by atomic mass is 10.4. The Balaban J connectivity index is 3.07. The van der Waals surface area contributed by atoms with Crippen LogP contribution in [0.2, 0.25) is 0 Å². The summed E-state index contributed by atoms with van der Waals surface area (Å²) in [6, 6.07) is 0. The van der Waals surface area contributed by atoms with Crippen molar-refractivity contribution in [3.8, 4) is 0 Å². The number of nitrogens with zero attached hydrogens (tertiary/aromatic N) is 1. The Hall–Kier alpha value is -1.05. The molecular weight excluding hydrogens is 226 g/mol. The van der Waals surface area contributed by atoms with Crippen LogP contribution in [0.1, 0.15) is 0 Å². The average Bonchev–Trinajstić information content (AvgIpc) is 2.01. The third-order valence-electron chi connectivity index (χ3n) is 1.28. The number of alkyl halides is 4. The number of halogens is 4. The minimum Gasteiger partial charge on any atom is -0.655 e. The van der Waals surface area contributed by atoms with Gasteiger partial charge in [0.15, 0.2) is 9.84 Å². The normalized spacial score (nSPS) is 20.4. The highest BCUT2D eigenvalue weighted by Gasteiger charge is 2.17. The first-order chi connectivity index (χ1) is 6.32. The summed E-state index contributed by atoms with van der Waals surface area (Å²) in [4.78, 5) is 0. The van der Waals surface area contributed by atoms with Crippen molar-refractivity contribution >= 4 is 9.84 Å². The van der Waals surface area contributed by atoms with E-state index in [-0.39, 0.29) is 10.8 Å². The lowest BCUT2D eigenvalue weighted by Gasteiger charge is -2.30. The molecule has 0 bridgehead atoms. The molecule has 80 valence electrons. The molecule has 0 saturated heterocycles. The molecule has 0 radical (unpaired) electrons. The van der Waals surface area contributed by atoms with Crippen molar-refractivity contribution in [2.45, 2.75) is 12.9 Å². The monoisotopic (exact) mass is 230 g/mol. The molecule has 1 heterocycles. The van der Waals surface area contributed by atoms with Crippen LogP contribution in [0.25, 0.3) is 5.32 Å². The van der Waals surface area contributed by atoms with Gasteiger partial charge in [0.05, 0.1) is 0 Å². The fraction of sp³-hybridized carbons (Fsp3) is 0.333. The molecule has 0 aromatic carbocycles. The van der Waals surface area contributed by atoms with Crippen molar-refractivity contribution in [1.29, 1.82) is 0 Å². The largest absolute Gasteiger partial charge is 0.655 e. The van der Waals surface area contributed by atoms with E-state index in [9.17, 15) is 26.0 Å². The standard InChI is InChI=1S/C6H4F4NO2S/c7-5(8)3-1-14(12,13)2-4(11-3)6(9)10/h1-2,5-6H/q-1. The van der Waals surface area contributed by atoms with Crippen LogP contribution < -0.4 is 0 Å². The Morgan fingerprint density at radius 1 is 1.00 bits per heavy atom. The molecule has 3 nitrogen and oxygen atoms in total. The van der Waals surface area contributed by atoms with Crippen molar-refractivity contribution in [2.24, 2.45) is 0 Å². The minimum absolute atomic E-state index is 0.170. The van der Waals surface area contributed by atoms with E-state index in [0.717, 1.165) is 0 Å². The molecule has 1 rings (SSSR count). The molecule has 0 atom stereocenters. The Kier molecular flexibility index (Phi) is 2.84. The highest BCUT2D eigenvalue weighted by Crippen LogP contribution is 2.31. The van der Waals surface area contributed by atoms with Crippen LogP contribution >= 0.6 is 0 Å². The van der Waals surface area contributed by atoms with E-state index in [1.54, 1.807) is 0 Å². The molecule has 0 fully saturated rings. The van der Waals surface area contributed by atoms with E-state index in [0.29, 0.717) is 0 Å². The van der Waals surface area contributed by atoms with Gasteiger partial charge in [0.25, 0.3) is 0 Å². The second kappa shape index (κ2) is 3.60. The summed E-state index contributed by atoms with van der Waals surface area (Å²) in [5.41, 5.74) is -2.33. The molecular formula is C6H4F4NO2S-. The van der Waals surface area contributed by atoms with Crippen molar-refractivity contribution in [1.82, 2.24) is 0 Å². The van der Waals surface area contributed by atoms with Gasteiger partial charge in [-0.15, -0.1) is 0 Å². The van der Waals surface area contributed by atoms with Gasteiger partial charge in [-0.25, -0.2) is 26.0 Å². The number of hydrogen-bond acceptors (Lipinski definition) is 2. The molecule has 1 aliphatic heterocycles. The summed E-state index contributed by atoms with van der Waals surface area (Å²) < 4.78 is 69.6. The first-order valence-corrected chi connectivity index (χ1v) is 4.89. The summed E-state index contributed by atoms with van der Waals surface area (Å²) in [5, 5.41) is 3.16. The van der Waals surface area contributed by atoms with Crippen LogP contribution in [-0.2, 0) is 9.84 Å². The van der Waals surface area contributed by atoms with Gasteiger partial charge in [0, 0.05) is 10.8 Å². The number of rotatable bonds is 2. The molecule has 0 aromatic rings. The lowest BCUT2D eigenvalue weighted by molar-refractivity contribution is 0.182. The van der Waals surface area contributed by atoms with Gasteiger partial charge >= 0.3 is 0 Å². The quantitative estimate of drug-likeness (QED) is 0.681. The highest BCUT2D eigenvalue weighted by atomic mass is 32.2. The summed E-state index contributed by atoms with van der Waals surface area (Å²) in [5.74, 6) is 0. The van der Waals surface area contributed by atoms with Gasteiger partial charge in [0.2, 0.25) is 12.9 Å².